The molecule has 1 atom stereocenters. The molecule has 1 amide bonds. The number of esters is 2. The van der Waals surface area contributed by atoms with E-state index in [-0.39, 0.29) is 10.6 Å². The molecule has 34 heavy (non-hydrogen) atoms. The minimum absolute atomic E-state index is 0.0563. The second kappa shape index (κ2) is 10.5. The summed E-state index contributed by atoms with van der Waals surface area (Å²) in [7, 11) is 1.92. The number of amides is 1. The zero-order valence-corrected chi connectivity index (χ0v) is 19.5. The van der Waals surface area contributed by atoms with Crippen LogP contribution in [0.5, 0.6) is 0 Å². The van der Waals surface area contributed by atoms with Crippen LogP contribution in [0.4, 0.5) is 18.2 Å². The highest BCUT2D eigenvalue weighted by Crippen LogP contribution is 2.42. The van der Waals surface area contributed by atoms with Gasteiger partial charge in [0.2, 0.25) is 5.91 Å². The van der Waals surface area contributed by atoms with E-state index in [9.17, 15) is 27.6 Å². The van der Waals surface area contributed by atoms with E-state index in [1.54, 1.807) is 35.6 Å². The first kappa shape index (κ1) is 25.5. The first-order valence-electron chi connectivity index (χ1n) is 10.6. The van der Waals surface area contributed by atoms with Gasteiger partial charge in [-0.05, 0) is 36.8 Å². The fourth-order valence-electron chi connectivity index (χ4n) is 3.90. The third-order valence-electron chi connectivity index (χ3n) is 5.56. The smallest absolute Gasteiger partial charge is 0.441 e. The third-order valence-corrected chi connectivity index (χ3v) is 6.77. The number of rotatable bonds is 7. The monoisotopic (exact) mass is 498 g/mol. The number of carbonyl (C=O) groups excluding carboxylic acids is 3. The number of nitrogens with one attached hydrogen (secondary N) is 2. The Balaban J connectivity index is 2.06. The Morgan fingerprint density at radius 3 is 2.29 bits per heavy atom. The normalized spacial score (nSPS) is 15.3. The van der Waals surface area contributed by atoms with Crippen LogP contribution in [0, 0.1) is 0 Å². The maximum atomic E-state index is 14.5. The van der Waals surface area contributed by atoms with Crippen molar-refractivity contribution in [1.82, 2.24) is 5.32 Å². The summed E-state index contributed by atoms with van der Waals surface area (Å²) < 4.78 is 52.7. The number of halogens is 3. The van der Waals surface area contributed by atoms with Crippen molar-refractivity contribution in [3.05, 3.63) is 51.9 Å². The number of methoxy groups -OCH3 is 2. The molecule has 0 saturated heterocycles. The maximum absolute atomic E-state index is 14.5. The molecule has 7 nitrogen and oxygen atoms in total. The van der Waals surface area contributed by atoms with Crippen LogP contribution in [0.3, 0.4) is 0 Å². The number of fused-ring (bicyclic) bond motifs is 1. The van der Waals surface area contributed by atoms with Gasteiger partial charge in [0.25, 0.3) is 0 Å². The van der Waals surface area contributed by atoms with E-state index in [0.717, 1.165) is 49.7 Å². The number of benzene rings is 1. The Bertz CT molecular complexity index is 1050. The fraction of sp³-hybridized carbons (Fsp3) is 0.435. The number of hydrogen-bond acceptors (Lipinski definition) is 7. The Morgan fingerprint density at radius 1 is 1.00 bits per heavy atom. The predicted molar refractivity (Wildman–Crippen MR) is 120 cm³/mol. The lowest BCUT2D eigenvalue weighted by Crippen LogP contribution is -2.69. The Kier molecular flexibility index (Phi) is 7.86. The lowest BCUT2D eigenvalue weighted by molar-refractivity contribution is -0.206. The summed E-state index contributed by atoms with van der Waals surface area (Å²) in [4.78, 5) is 38.6. The maximum Gasteiger partial charge on any atom is 0.441 e. The Morgan fingerprint density at radius 2 is 1.68 bits per heavy atom. The highest BCUT2D eigenvalue weighted by molar-refractivity contribution is 7.16. The van der Waals surface area contributed by atoms with Crippen molar-refractivity contribution in [1.29, 1.82) is 0 Å². The number of ether oxygens (including phenoxy) is 2. The van der Waals surface area contributed by atoms with E-state index >= 15 is 0 Å². The molecule has 1 aromatic carbocycles. The molecule has 1 aliphatic carbocycles. The Hall–Kier alpha value is -3.08. The molecule has 1 aliphatic rings. The average Bonchev–Trinajstić information content (AvgIpc) is 2.97. The number of thiophene rings is 1. The third kappa shape index (κ3) is 5.19. The lowest BCUT2D eigenvalue weighted by atomic mass is 10.0. The van der Waals surface area contributed by atoms with Crippen LogP contribution in [-0.2, 0) is 38.3 Å². The number of alkyl halides is 3. The molecule has 1 aromatic heterocycles. The van der Waals surface area contributed by atoms with Crippen LogP contribution in [0.15, 0.2) is 30.3 Å². The van der Waals surface area contributed by atoms with Gasteiger partial charge in [0.15, 0.2) is 0 Å². The van der Waals surface area contributed by atoms with E-state index in [0.29, 0.717) is 24.0 Å². The highest BCUT2D eigenvalue weighted by atomic mass is 32.1. The van der Waals surface area contributed by atoms with E-state index in [1.807, 2.05) is 0 Å². The lowest BCUT2D eigenvalue weighted by Gasteiger charge is -2.34. The summed E-state index contributed by atoms with van der Waals surface area (Å²) in [5.74, 6) is -3.64. The predicted octanol–water partition coefficient (Wildman–Crippen LogP) is 4.01. The second-order valence-electron chi connectivity index (χ2n) is 7.84. The summed E-state index contributed by atoms with van der Waals surface area (Å²) in [6, 6.07) is 8.13. The quantitative estimate of drug-likeness (QED) is 0.341. The largest absolute Gasteiger partial charge is 0.466 e. The molecule has 0 bridgehead atoms. The van der Waals surface area contributed by atoms with Gasteiger partial charge in [-0.25, -0.2) is 9.59 Å². The molecule has 1 unspecified atom stereocenters. The molecule has 184 valence electrons. The van der Waals surface area contributed by atoms with Crippen LogP contribution in [0.1, 0.15) is 45.6 Å². The van der Waals surface area contributed by atoms with E-state index in [4.69, 9.17) is 4.74 Å². The fourth-order valence-corrected chi connectivity index (χ4v) is 5.23. The minimum atomic E-state index is -5.30. The van der Waals surface area contributed by atoms with Crippen LogP contribution in [0.2, 0.25) is 0 Å². The molecule has 3 rings (SSSR count). The number of anilines is 1. The van der Waals surface area contributed by atoms with Crippen LogP contribution >= 0.6 is 11.3 Å². The van der Waals surface area contributed by atoms with Gasteiger partial charge in [0.05, 0.1) is 26.2 Å². The first-order chi connectivity index (χ1) is 16.1. The van der Waals surface area contributed by atoms with Gasteiger partial charge in [-0.3, -0.25) is 4.79 Å². The van der Waals surface area contributed by atoms with Gasteiger partial charge in [-0.15, -0.1) is 11.3 Å². The summed E-state index contributed by atoms with van der Waals surface area (Å²) in [6.45, 7) is 0. The number of carbonyl (C=O) groups is 3. The van der Waals surface area contributed by atoms with Crippen LogP contribution < -0.4 is 10.6 Å². The molecule has 11 heteroatoms. The van der Waals surface area contributed by atoms with Gasteiger partial charge in [-0.1, -0.05) is 36.8 Å². The molecular formula is C23H25F3N2O5S. The van der Waals surface area contributed by atoms with Crippen molar-refractivity contribution in [2.75, 3.05) is 19.5 Å². The highest BCUT2D eigenvalue weighted by Gasteiger charge is 2.64. The molecule has 2 aromatic rings. The number of aryl methyl sites for hydroxylation is 1. The zero-order valence-electron chi connectivity index (χ0n) is 18.7. The summed E-state index contributed by atoms with van der Waals surface area (Å²) in [5.41, 5.74) is -2.61. The first-order valence-corrected chi connectivity index (χ1v) is 11.5. The molecule has 0 fully saturated rings. The van der Waals surface area contributed by atoms with Crippen molar-refractivity contribution < 1.29 is 37.0 Å². The van der Waals surface area contributed by atoms with Gasteiger partial charge in [-0.2, -0.15) is 13.2 Å². The summed E-state index contributed by atoms with van der Waals surface area (Å²) >= 11 is 0.950. The summed E-state index contributed by atoms with van der Waals surface area (Å²) in [6.07, 6.45) is -2.11. The van der Waals surface area contributed by atoms with Crippen molar-refractivity contribution in [2.24, 2.45) is 0 Å². The Labute approximate surface area is 198 Å². The molecule has 0 aliphatic heterocycles. The van der Waals surface area contributed by atoms with Crippen molar-refractivity contribution >= 4 is 34.2 Å². The minimum Gasteiger partial charge on any atom is -0.466 e. The van der Waals surface area contributed by atoms with Crippen molar-refractivity contribution in [3.63, 3.8) is 0 Å². The standard InChI is InChI=1S/C23H25F3N2O5S/c1-32-20(30)18-15-11-7-4-8-12-16(15)34-19(18)28-22(21(31)33-2,23(24,25)26)27-17(29)13-14-9-5-3-6-10-14/h3,5-6,9-10,28H,4,7-8,11-13H2,1-2H3,(H,27,29). The second-order valence-corrected chi connectivity index (χ2v) is 8.94. The molecule has 0 saturated carbocycles. The van der Waals surface area contributed by atoms with Crippen molar-refractivity contribution in [2.45, 2.75) is 50.4 Å². The van der Waals surface area contributed by atoms with Gasteiger partial charge >= 0.3 is 23.8 Å². The van der Waals surface area contributed by atoms with Crippen LogP contribution in [-0.4, -0.2) is 43.9 Å². The van der Waals surface area contributed by atoms with E-state index in [1.165, 1.54) is 0 Å². The van der Waals surface area contributed by atoms with E-state index in [2.05, 4.69) is 10.1 Å². The van der Waals surface area contributed by atoms with Gasteiger partial charge in [0, 0.05) is 4.88 Å². The molecule has 0 radical (unpaired) electrons. The molecule has 0 spiro atoms. The molecule has 1 heterocycles. The molecular weight excluding hydrogens is 473 g/mol. The topological polar surface area (TPSA) is 93.7 Å². The van der Waals surface area contributed by atoms with Gasteiger partial charge in [0.1, 0.15) is 5.00 Å². The van der Waals surface area contributed by atoms with E-state index < -0.39 is 36.1 Å². The zero-order chi connectivity index (χ0) is 24.9. The summed E-state index contributed by atoms with van der Waals surface area (Å²) in [5, 5.41) is 3.74. The SMILES string of the molecule is COC(=O)c1c(NC(NC(=O)Cc2ccccc2)(C(=O)OC)C(F)(F)F)sc2c1CCCCC2. The van der Waals surface area contributed by atoms with Gasteiger partial charge < -0.3 is 20.1 Å². The number of hydrogen-bond donors (Lipinski definition) is 2. The average molecular weight is 499 g/mol. The molecule has 2 N–H and O–H groups in total. The van der Waals surface area contributed by atoms with Crippen molar-refractivity contribution in [3.8, 4) is 0 Å². The van der Waals surface area contributed by atoms with Crippen LogP contribution in [0.25, 0.3) is 0 Å².